The van der Waals surface area contributed by atoms with E-state index in [9.17, 15) is 4.79 Å². The third-order valence-corrected chi connectivity index (χ3v) is 4.74. The summed E-state index contributed by atoms with van der Waals surface area (Å²) in [7, 11) is 0. The molecule has 1 heterocycles. The van der Waals surface area contributed by atoms with E-state index in [4.69, 9.17) is 34.8 Å². The van der Waals surface area contributed by atoms with Gasteiger partial charge in [0, 0.05) is 36.9 Å². The third-order valence-electron chi connectivity index (χ3n) is 3.90. The number of carbonyl (C=O) groups excluding carboxylic acids is 1. The van der Waals surface area contributed by atoms with Crippen LogP contribution < -0.4 is 10.2 Å². The first-order valence-electron chi connectivity index (χ1n) is 7.55. The number of para-hydroxylation sites is 1. The number of nitrogens with zero attached hydrogens (tertiary/aromatic N) is 2. The molecule has 4 nitrogen and oxygen atoms in total. The first-order chi connectivity index (χ1) is 11.5. The van der Waals surface area contributed by atoms with Crippen LogP contribution in [0.4, 0.5) is 16.2 Å². The SMILES string of the molecule is O=C(Nc1cccc(Cl)c1)N1CCN(c2c(Cl)cccc2Cl)CC1. The summed E-state index contributed by atoms with van der Waals surface area (Å²) < 4.78 is 0. The van der Waals surface area contributed by atoms with Crippen LogP contribution in [-0.4, -0.2) is 37.1 Å². The van der Waals surface area contributed by atoms with E-state index in [0.29, 0.717) is 46.9 Å². The normalized spacial score (nSPS) is 14.6. The second-order valence-electron chi connectivity index (χ2n) is 5.48. The van der Waals surface area contributed by atoms with Gasteiger partial charge in [0.2, 0.25) is 0 Å². The average molecular weight is 385 g/mol. The summed E-state index contributed by atoms with van der Waals surface area (Å²) in [6.45, 7) is 2.53. The molecule has 2 aromatic carbocycles. The number of piperazine rings is 1. The second kappa shape index (κ2) is 7.51. The highest BCUT2D eigenvalue weighted by Gasteiger charge is 2.23. The molecule has 1 aliphatic heterocycles. The predicted molar refractivity (Wildman–Crippen MR) is 101 cm³/mol. The van der Waals surface area contributed by atoms with Crippen molar-refractivity contribution >= 4 is 52.2 Å². The molecule has 1 saturated heterocycles. The van der Waals surface area contributed by atoms with Crippen molar-refractivity contribution in [3.05, 3.63) is 57.5 Å². The largest absolute Gasteiger partial charge is 0.366 e. The summed E-state index contributed by atoms with van der Waals surface area (Å²) in [5.74, 6) is 0. The van der Waals surface area contributed by atoms with Crippen molar-refractivity contribution in [2.45, 2.75) is 0 Å². The summed E-state index contributed by atoms with van der Waals surface area (Å²) in [6, 6.07) is 12.4. The molecule has 2 amide bonds. The third kappa shape index (κ3) is 3.89. The molecular formula is C17H16Cl3N3O. The van der Waals surface area contributed by atoms with E-state index in [0.717, 1.165) is 5.69 Å². The van der Waals surface area contributed by atoms with E-state index >= 15 is 0 Å². The number of hydrogen-bond donors (Lipinski definition) is 1. The molecule has 0 spiro atoms. The van der Waals surface area contributed by atoms with Gasteiger partial charge in [-0.05, 0) is 30.3 Å². The van der Waals surface area contributed by atoms with Gasteiger partial charge in [-0.15, -0.1) is 0 Å². The Bertz CT molecular complexity index is 725. The van der Waals surface area contributed by atoms with Gasteiger partial charge < -0.3 is 15.1 Å². The van der Waals surface area contributed by atoms with Crippen LogP contribution in [0.1, 0.15) is 0 Å². The molecule has 2 aromatic rings. The van der Waals surface area contributed by atoms with Crippen molar-refractivity contribution in [1.82, 2.24) is 4.90 Å². The molecule has 1 N–H and O–H groups in total. The quantitative estimate of drug-likeness (QED) is 0.791. The molecular weight excluding hydrogens is 369 g/mol. The van der Waals surface area contributed by atoms with Crippen LogP contribution in [0.3, 0.4) is 0 Å². The van der Waals surface area contributed by atoms with Crippen molar-refractivity contribution in [3.63, 3.8) is 0 Å². The molecule has 0 atom stereocenters. The van der Waals surface area contributed by atoms with Gasteiger partial charge in [0.15, 0.2) is 0 Å². The number of halogens is 3. The number of amides is 2. The number of benzene rings is 2. The van der Waals surface area contributed by atoms with Crippen molar-refractivity contribution < 1.29 is 4.79 Å². The minimum Gasteiger partial charge on any atom is -0.366 e. The number of urea groups is 1. The Kier molecular flexibility index (Phi) is 5.39. The van der Waals surface area contributed by atoms with Crippen LogP contribution in [0.25, 0.3) is 0 Å². The Morgan fingerprint density at radius 1 is 0.917 bits per heavy atom. The molecule has 0 saturated carbocycles. The van der Waals surface area contributed by atoms with Gasteiger partial charge in [-0.1, -0.05) is 46.9 Å². The average Bonchev–Trinajstić information content (AvgIpc) is 2.55. The highest BCUT2D eigenvalue weighted by Crippen LogP contribution is 2.34. The number of hydrogen-bond acceptors (Lipinski definition) is 2. The summed E-state index contributed by atoms with van der Waals surface area (Å²) in [4.78, 5) is 16.2. The summed E-state index contributed by atoms with van der Waals surface area (Å²) in [6.07, 6.45) is 0. The lowest BCUT2D eigenvalue weighted by atomic mass is 10.2. The van der Waals surface area contributed by atoms with Crippen molar-refractivity contribution in [1.29, 1.82) is 0 Å². The number of carbonyl (C=O) groups is 1. The number of anilines is 2. The zero-order valence-electron chi connectivity index (χ0n) is 12.8. The molecule has 0 aromatic heterocycles. The molecule has 1 aliphatic rings. The lowest BCUT2D eigenvalue weighted by Crippen LogP contribution is -2.50. The zero-order chi connectivity index (χ0) is 17.1. The predicted octanol–water partition coefficient (Wildman–Crippen LogP) is 5.00. The van der Waals surface area contributed by atoms with Crippen molar-refractivity contribution in [2.75, 3.05) is 36.4 Å². The first-order valence-corrected chi connectivity index (χ1v) is 8.68. The van der Waals surface area contributed by atoms with Gasteiger partial charge in [-0.2, -0.15) is 0 Å². The molecule has 0 radical (unpaired) electrons. The van der Waals surface area contributed by atoms with Gasteiger partial charge in [-0.25, -0.2) is 4.79 Å². The minimum atomic E-state index is -0.137. The number of nitrogens with one attached hydrogen (secondary N) is 1. The Morgan fingerprint density at radius 3 is 2.17 bits per heavy atom. The highest BCUT2D eigenvalue weighted by atomic mass is 35.5. The van der Waals surface area contributed by atoms with Crippen LogP contribution in [0.15, 0.2) is 42.5 Å². The molecule has 7 heteroatoms. The van der Waals surface area contributed by atoms with Crippen LogP contribution in [0.5, 0.6) is 0 Å². The van der Waals surface area contributed by atoms with E-state index in [1.165, 1.54) is 0 Å². The fourth-order valence-electron chi connectivity index (χ4n) is 2.69. The maximum Gasteiger partial charge on any atom is 0.321 e. The molecule has 1 fully saturated rings. The topological polar surface area (TPSA) is 35.6 Å². The van der Waals surface area contributed by atoms with Crippen LogP contribution >= 0.6 is 34.8 Å². The second-order valence-corrected chi connectivity index (χ2v) is 6.74. The standard InChI is InChI=1S/C17H16Cl3N3O/c18-12-3-1-4-13(11-12)21-17(24)23-9-7-22(8-10-23)16-14(19)5-2-6-15(16)20/h1-6,11H,7-10H2,(H,21,24). The van der Waals surface area contributed by atoms with E-state index < -0.39 is 0 Å². The zero-order valence-corrected chi connectivity index (χ0v) is 15.1. The lowest BCUT2D eigenvalue weighted by Gasteiger charge is -2.36. The summed E-state index contributed by atoms with van der Waals surface area (Å²) in [5, 5.41) is 4.70. The van der Waals surface area contributed by atoms with Crippen molar-refractivity contribution in [3.8, 4) is 0 Å². The first kappa shape index (κ1) is 17.2. The Balaban J connectivity index is 1.61. The summed E-state index contributed by atoms with van der Waals surface area (Å²) in [5.41, 5.74) is 1.51. The van der Waals surface area contributed by atoms with Gasteiger partial charge >= 0.3 is 6.03 Å². The van der Waals surface area contributed by atoms with Crippen LogP contribution in [-0.2, 0) is 0 Å². The van der Waals surface area contributed by atoms with Gasteiger partial charge in [0.05, 0.1) is 15.7 Å². The van der Waals surface area contributed by atoms with Crippen LogP contribution in [0.2, 0.25) is 15.1 Å². The molecule has 0 aliphatic carbocycles. The lowest BCUT2D eigenvalue weighted by molar-refractivity contribution is 0.208. The molecule has 126 valence electrons. The Hall–Kier alpha value is -1.62. The summed E-state index contributed by atoms with van der Waals surface area (Å²) >= 11 is 18.4. The molecule has 0 bridgehead atoms. The van der Waals surface area contributed by atoms with Gasteiger partial charge in [0.1, 0.15) is 0 Å². The highest BCUT2D eigenvalue weighted by molar-refractivity contribution is 6.39. The van der Waals surface area contributed by atoms with E-state index in [1.807, 2.05) is 24.3 Å². The van der Waals surface area contributed by atoms with Crippen LogP contribution in [0, 0.1) is 0 Å². The van der Waals surface area contributed by atoms with Crippen molar-refractivity contribution in [2.24, 2.45) is 0 Å². The Labute approximate surface area is 155 Å². The van der Waals surface area contributed by atoms with Gasteiger partial charge in [0.25, 0.3) is 0 Å². The minimum absolute atomic E-state index is 0.137. The smallest absolute Gasteiger partial charge is 0.321 e. The fraction of sp³-hybridized carbons (Fsp3) is 0.235. The molecule has 3 rings (SSSR count). The van der Waals surface area contributed by atoms with E-state index in [1.54, 1.807) is 23.1 Å². The van der Waals surface area contributed by atoms with E-state index in [-0.39, 0.29) is 6.03 Å². The number of rotatable bonds is 2. The maximum atomic E-state index is 12.4. The molecule has 24 heavy (non-hydrogen) atoms. The van der Waals surface area contributed by atoms with E-state index in [2.05, 4.69) is 10.2 Å². The fourth-order valence-corrected chi connectivity index (χ4v) is 3.52. The maximum absolute atomic E-state index is 12.4. The Morgan fingerprint density at radius 2 is 1.54 bits per heavy atom. The monoisotopic (exact) mass is 383 g/mol. The van der Waals surface area contributed by atoms with Gasteiger partial charge in [-0.3, -0.25) is 0 Å². The molecule has 0 unspecified atom stereocenters.